The molecule has 1 amide bonds. The van der Waals surface area contributed by atoms with Gasteiger partial charge >= 0.3 is 5.97 Å². The average molecular weight is 645 g/mol. The monoisotopic (exact) mass is 644 g/mol. The largest absolute Gasteiger partial charge is 0.497 e. The number of carbonyl (C=O) groups is 2. The van der Waals surface area contributed by atoms with Crippen molar-refractivity contribution in [1.29, 1.82) is 0 Å². The highest BCUT2D eigenvalue weighted by molar-refractivity contribution is 5.81. The van der Waals surface area contributed by atoms with Crippen LogP contribution in [-0.2, 0) is 24.7 Å². The molecule has 0 radical (unpaired) electrons. The van der Waals surface area contributed by atoms with E-state index in [4.69, 9.17) is 18.9 Å². The minimum Gasteiger partial charge on any atom is -0.497 e. The molecule has 0 aromatic heterocycles. The van der Waals surface area contributed by atoms with Gasteiger partial charge in [-0.25, -0.2) is 0 Å². The molecule has 3 aromatic rings. The topological polar surface area (TPSA) is 95.1 Å². The minimum atomic E-state index is -1.00. The maximum atomic E-state index is 12.9. The van der Waals surface area contributed by atoms with Crippen LogP contribution in [-0.4, -0.2) is 56.9 Å². The van der Waals surface area contributed by atoms with Gasteiger partial charge in [-0.2, -0.15) is 0 Å². The molecule has 8 nitrogen and oxygen atoms in total. The van der Waals surface area contributed by atoms with Crippen molar-refractivity contribution in [2.45, 2.75) is 95.4 Å². The predicted octanol–water partition coefficient (Wildman–Crippen LogP) is 6.93. The van der Waals surface area contributed by atoms with Gasteiger partial charge in [0, 0.05) is 18.0 Å². The minimum absolute atomic E-state index is 0.0350. The Morgan fingerprint density at radius 3 is 1.77 bits per heavy atom. The molecule has 1 aliphatic carbocycles. The van der Waals surface area contributed by atoms with Crippen LogP contribution >= 0.6 is 0 Å². The molecular weight excluding hydrogens is 592 g/mol. The first kappa shape index (κ1) is 36.0. The van der Waals surface area contributed by atoms with E-state index in [9.17, 15) is 9.59 Å². The van der Waals surface area contributed by atoms with Gasteiger partial charge < -0.3 is 29.6 Å². The van der Waals surface area contributed by atoms with Crippen LogP contribution < -0.4 is 20.1 Å². The van der Waals surface area contributed by atoms with Gasteiger partial charge in [-0.15, -0.1) is 0 Å². The summed E-state index contributed by atoms with van der Waals surface area (Å²) in [6.45, 7) is 6.52. The van der Waals surface area contributed by atoms with E-state index in [0.717, 1.165) is 53.9 Å². The van der Waals surface area contributed by atoms with Gasteiger partial charge in [-0.05, 0) is 74.6 Å². The molecule has 1 atom stereocenters. The first-order valence-electron chi connectivity index (χ1n) is 16.8. The lowest BCUT2D eigenvalue weighted by atomic mass is 9.80. The highest BCUT2D eigenvalue weighted by Crippen LogP contribution is 2.41. The quantitative estimate of drug-likeness (QED) is 0.105. The predicted molar refractivity (Wildman–Crippen MR) is 185 cm³/mol. The third-order valence-electron chi connectivity index (χ3n) is 8.53. The van der Waals surface area contributed by atoms with Gasteiger partial charge in [-0.3, -0.25) is 9.59 Å². The summed E-state index contributed by atoms with van der Waals surface area (Å²) in [6.07, 6.45) is 6.89. The van der Waals surface area contributed by atoms with E-state index in [1.165, 1.54) is 12.8 Å². The standard InChI is InChI=1S/C39H52N2O6/c1-38(2,3)41-33(27-46-37(43)26-25-36(42)40-32-15-11-6-7-12-16-32)28-47-39(29-13-9-8-10-14-29,30-17-21-34(44-4)22-18-30)31-19-23-35(45-5)24-20-31/h8-10,13-14,17-24,32-33,41H,6-7,11-12,15-16,25-28H2,1-5H3,(H,40,42)/t33-/m1/s1. The summed E-state index contributed by atoms with van der Waals surface area (Å²) in [4.78, 5) is 25.4. The number of esters is 1. The molecule has 47 heavy (non-hydrogen) atoms. The number of hydrogen-bond acceptors (Lipinski definition) is 7. The molecule has 3 aromatic carbocycles. The summed E-state index contributed by atoms with van der Waals surface area (Å²) >= 11 is 0. The zero-order valence-corrected chi connectivity index (χ0v) is 28.7. The van der Waals surface area contributed by atoms with Crippen molar-refractivity contribution in [1.82, 2.24) is 10.6 Å². The number of ether oxygens (including phenoxy) is 4. The number of carbonyl (C=O) groups excluding carboxylic acids is 2. The zero-order valence-electron chi connectivity index (χ0n) is 28.7. The first-order valence-corrected chi connectivity index (χ1v) is 16.8. The Labute approximate surface area is 280 Å². The van der Waals surface area contributed by atoms with Crippen LogP contribution in [0, 0.1) is 0 Å². The van der Waals surface area contributed by atoms with E-state index >= 15 is 0 Å². The fourth-order valence-electron chi connectivity index (χ4n) is 6.25. The normalized spacial score (nSPS) is 14.9. The number of hydrogen-bond donors (Lipinski definition) is 2. The lowest BCUT2D eigenvalue weighted by Crippen LogP contribution is -2.50. The molecule has 0 saturated heterocycles. The van der Waals surface area contributed by atoms with E-state index < -0.39 is 11.6 Å². The fourth-order valence-corrected chi connectivity index (χ4v) is 6.25. The van der Waals surface area contributed by atoms with Crippen molar-refractivity contribution >= 4 is 11.9 Å². The lowest BCUT2D eigenvalue weighted by Gasteiger charge is -2.38. The van der Waals surface area contributed by atoms with Crippen LogP contribution in [0.4, 0.5) is 0 Å². The fraction of sp³-hybridized carbons (Fsp3) is 0.487. The van der Waals surface area contributed by atoms with Crippen molar-refractivity contribution in [3.8, 4) is 11.5 Å². The van der Waals surface area contributed by atoms with Crippen molar-refractivity contribution < 1.29 is 28.5 Å². The van der Waals surface area contributed by atoms with Crippen molar-refractivity contribution in [2.24, 2.45) is 0 Å². The van der Waals surface area contributed by atoms with Crippen LogP contribution in [0.3, 0.4) is 0 Å². The molecule has 0 spiro atoms. The number of benzene rings is 3. The summed E-state index contributed by atoms with van der Waals surface area (Å²) in [5.74, 6) is 0.995. The van der Waals surface area contributed by atoms with Crippen LogP contribution in [0.1, 0.15) is 88.8 Å². The molecule has 1 saturated carbocycles. The highest BCUT2D eigenvalue weighted by atomic mass is 16.5. The van der Waals surface area contributed by atoms with Crippen molar-refractivity contribution in [3.63, 3.8) is 0 Å². The van der Waals surface area contributed by atoms with E-state index in [2.05, 4.69) is 43.5 Å². The first-order chi connectivity index (χ1) is 22.6. The average Bonchev–Trinajstić information content (AvgIpc) is 3.35. The number of amides is 1. The second kappa shape index (κ2) is 17.3. The van der Waals surface area contributed by atoms with Gasteiger partial charge in [0.15, 0.2) is 0 Å². The summed E-state index contributed by atoms with van der Waals surface area (Å²) < 4.78 is 23.8. The third-order valence-corrected chi connectivity index (χ3v) is 8.53. The maximum Gasteiger partial charge on any atom is 0.306 e. The molecule has 1 fully saturated rings. The van der Waals surface area contributed by atoms with E-state index in [-0.39, 0.29) is 49.6 Å². The summed E-state index contributed by atoms with van der Waals surface area (Å²) in [7, 11) is 3.29. The van der Waals surface area contributed by atoms with E-state index in [0.29, 0.717) is 0 Å². The Bertz CT molecular complexity index is 1330. The lowest BCUT2D eigenvalue weighted by molar-refractivity contribution is -0.146. The number of methoxy groups -OCH3 is 2. The van der Waals surface area contributed by atoms with Gasteiger partial charge in [0.05, 0.1) is 33.3 Å². The van der Waals surface area contributed by atoms with Crippen LogP contribution in [0.2, 0.25) is 0 Å². The second-order valence-corrected chi connectivity index (χ2v) is 13.3. The molecule has 0 aliphatic heterocycles. The Balaban J connectivity index is 1.54. The third kappa shape index (κ3) is 10.6. The Hall–Kier alpha value is -3.88. The Morgan fingerprint density at radius 2 is 1.26 bits per heavy atom. The van der Waals surface area contributed by atoms with Crippen molar-refractivity contribution in [3.05, 3.63) is 95.6 Å². The van der Waals surface area contributed by atoms with Gasteiger partial charge in [0.2, 0.25) is 5.91 Å². The number of nitrogens with one attached hydrogen (secondary N) is 2. The molecule has 4 rings (SSSR count). The second-order valence-electron chi connectivity index (χ2n) is 13.3. The van der Waals surface area contributed by atoms with Gasteiger partial charge in [0.1, 0.15) is 23.7 Å². The zero-order chi connectivity index (χ0) is 33.7. The molecule has 0 bridgehead atoms. The molecular formula is C39H52N2O6. The molecule has 0 unspecified atom stereocenters. The molecule has 1 aliphatic rings. The van der Waals surface area contributed by atoms with E-state index in [1.807, 2.05) is 66.7 Å². The van der Waals surface area contributed by atoms with Crippen LogP contribution in [0.15, 0.2) is 78.9 Å². The molecule has 8 heteroatoms. The highest BCUT2D eigenvalue weighted by Gasteiger charge is 2.39. The summed E-state index contributed by atoms with van der Waals surface area (Å²) in [6, 6.07) is 25.7. The SMILES string of the molecule is COc1ccc(C(OC[C@@H](COC(=O)CCC(=O)NC2CCCCCC2)NC(C)(C)C)(c2ccccc2)c2ccc(OC)cc2)cc1. The Morgan fingerprint density at radius 1 is 0.723 bits per heavy atom. The van der Waals surface area contributed by atoms with Crippen LogP contribution in [0.5, 0.6) is 11.5 Å². The summed E-state index contributed by atoms with van der Waals surface area (Å²) in [5.41, 5.74) is 1.50. The van der Waals surface area contributed by atoms with Gasteiger partial charge in [0.25, 0.3) is 0 Å². The summed E-state index contributed by atoms with van der Waals surface area (Å²) in [5, 5.41) is 6.69. The molecule has 0 heterocycles. The Kier molecular flexibility index (Phi) is 13.3. The molecule has 2 N–H and O–H groups in total. The smallest absolute Gasteiger partial charge is 0.306 e. The van der Waals surface area contributed by atoms with Crippen molar-refractivity contribution in [2.75, 3.05) is 27.4 Å². The van der Waals surface area contributed by atoms with Crippen LogP contribution in [0.25, 0.3) is 0 Å². The van der Waals surface area contributed by atoms with Gasteiger partial charge in [-0.1, -0.05) is 80.3 Å². The maximum absolute atomic E-state index is 12.9. The van der Waals surface area contributed by atoms with E-state index in [1.54, 1.807) is 14.2 Å². The molecule has 254 valence electrons. The number of rotatable bonds is 15.